The van der Waals surface area contributed by atoms with Gasteiger partial charge in [0, 0.05) is 30.4 Å². The minimum atomic E-state index is -0.906. The van der Waals surface area contributed by atoms with Crippen LogP contribution in [0.1, 0.15) is 17.3 Å². The molecular weight excluding hydrogens is 316 g/mol. The Morgan fingerprint density at radius 1 is 1.12 bits per heavy atom. The van der Waals surface area contributed by atoms with Crippen LogP contribution in [0.3, 0.4) is 0 Å². The highest BCUT2D eigenvalue weighted by molar-refractivity contribution is 5.97. The fourth-order valence-electron chi connectivity index (χ4n) is 1.98. The number of anilines is 3. The van der Waals surface area contributed by atoms with Gasteiger partial charge in [-0.25, -0.2) is 4.79 Å². The van der Waals surface area contributed by atoms with Crippen molar-refractivity contribution in [3.8, 4) is 0 Å². The number of hydrogen-bond acceptors (Lipinski definition) is 7. The number of nitrogens with zero attached hydrogens (tertiary/aromatic N) is 1. The molecule has 0 saturated carbocycles. The summed E-state index contributed by atoms with van der Waals surface area (Å²) in [7, 11) is 0. The molecule has 0 bridgehead atoms. The van der Waals surface area contributed by atoms with E-state index >= 15 is 0 Å². The minimum Gasteiger partial charge on any atom is -0.370 e. The third kappa shape index (κ3) is 4.05. The number of non-ortho nitro benzene ring substituents is 1. The number of hydrogen-bond donors (Lipinski definition) is 3. The van der Waals surface area contributed by atoms with Crippen LogP contribution in [0.25, 0.3) is 0 Å². The number of nitrogens with two attached hydrogens (primary N) is 1. The minimum absolute atomic E-state index is 0.0716. The lowest BCUT2D eigenvalue weighted by Crippen LogP contribution is -2.12. The monoisotopic (exact) mass is 330 g/mol. The van der Waals surface area contributed by atoms with Crippen molar-refractivity contribution in [3.05, 3.63) is 58.1 Å². The lowest BCUT2D eigenvalue weighted by molar-refractivity contribution is -0.384. The Labute approximate surface area is 136 Å². The third-order valence-corrected chi connectivity index (χ3v) is 3.03. The zero-order chi connectivity index (χ0) is 17.7. The third-order valence-electron chi connectivity index (χ3n) is 3.03. The van der Waals surface area contributed by atoms with Crippen molar-refractivity contribution in [2.45, 2.75) is 6.92 Å². The van der Waals surface area contributed by atoms with Crippen LogP contribution in [0.5, 0.6) is 0 Å². The van der Waals surface area contributed by atoms with Gasteiger partial charge in [0.05, 0.1) is 16.2 Å². The van der Waals surface area contributed by atoms with E-state index in [1.54, 1.807) is 24.3 Å². The van der Waals surface area contributed by atoms with E-state index < -0.39 is 10.9 Å². The van der Waals surface area contributed by atoms with Crippen LogP contribution < -0.4 is 16.5 Å². The van der Waals surface area contributed by atoms with Crippen molar-refractivity contribution in [3.63, 3.8) is 0 Å². The average molecular weight is 330 g/mol. The van der Waals surface area contributed by atoms with E-state index in [0.29, 0.717) is 17.1 Å². The van der Waals surface area contributed by atoms with Gasteiger partial charge < -0.3 is 15.5 Å². The smallest absolute Gasteiger partial charge is 0.358 e. The molecule has 124 valence electrons. The normalized spacial score (nSPS) is 9.92. The highest BCUT2D eigenvalue weighted by Gasteiger charge is 2.18. The van der Waals surface area contributed by atoms with Gasteiger partial charge in [0.25, 0.3) is 5.69 Å². The second-order valence-corrected chi connectivity index (χ2v) is 4.78. The zero-order valence-corrected chi connectivity index (χ0v) is 12.6. The van der Waals surface area contributed by atoms with Gasteiger partial charge >= 0.3 is 5.97 Å². The van der Waals surface area contributed by atoms with E-state index in [-0.39, 0.29) is 17.2 Å². The summed E-state index contributed by atoms with van der Waals surface area (Å²) in [6.45, 7) is 1.40. The first-order valence-corrected chi connectivity index (χ1v) is 6.75. The Balaban J connectivity index is 2.29. The first-order chi connectivity index (χ1) is 11.4. The summed E-state index contributed by atoms with van der Waals surface area (Å²) in [5.41, 5.74) is 1.17. The standard InChI is InChI=1S/C15H14N4O5/c1-9(20)17-10-2-4-11(5-3-10)18-14-7-6-12(19(22)23)8-13(14)15(21)24-16/h2-8,18H,16H2,1H3,(H,17,20). The lowest BCUT2D eigenvalue weighted by atomic mass is 10.1. The zero-order valence-electron chi connectivity index (χ0n) is 12.6. The molecule has 9 nitrogen and oxygen atoms in total. The van der Waals surface area contributed by atoms with Crippen LogP contribution in [0.15, 0.2) is 42.5 Å². The molecule has 0 spiro atoms. The average Bonchev–Trinajstić information content (AvgIpc) is 2.55. The molecule has 4 N–H and O–H groups in total. The molecule has 0 aliphatic carbocycles. The van der Waals surface area contributed by atoms with Gasteiger partial charge in [-0.3, -0.25) is 14.9 Å². The maximum absolute atomic E-state index is 11.7. The van der Waals surface area contributed by atoms with Crippen LogP contribution in [-0.4, -0.2) is 16.8 Å². The van der Waals surface area contributed by atoms with Crippen LogP contribution in [0, 0.1) is 10.1 Å². The molecular formula is C15H14N4O5. The number of nitrogens with one attached hydrogen (secondary N) is 2. The molecule has 2 rings (SSSR count). The largest absolute Gasteiger partial charge is 0.370 e. The quantitative estimate of drug-likeness (QED) is 0.565. The first-order valence-electron chi connectivity index (χ1n) is 6.75. The fraction of sp³-hybridized carbons (Fsp3) is 0.0667. The van der Waals surface area contributed by atoms with Gasteiger partial charge in [-0.2, -0.15) is 5.90 Å². The summed E-state index contributed by atoms with van der Waals surface area (Å²) in [5.74, 6) is 3.77. The van der Waals surface area contributed by atoms with Crippen molar-refractivity contribution in [1.29, 1.82) is 0 Å². The van der Waals surface area contributed by atoms with Crippen molar-refractivity contribution in [1.82, 2.24) is 0 Å². The second-order valence-electron chi connectivity index (χ2n) is 4.78. The van der Waals surface area contributed by atoms with Gasteiger partial charge in [0.1, 0.15) is 0 Å². The van der Waals surface area contributed by atoms with E-state index in [4.69, 9.17) is 5.90 Å². The molecule has 2 aromatic rings. The Bertz CT molecular complexity index is 789. The summed E-state index contributed by atoms with van der Waals surface area (Å²) in [6.07, 6.45) is 0. The molecule has 1 amide bonds. The van der Waals surface area contributed by atoms with Crippen LogP contribution in [-0.2, 0) is 9.63 Å². The van der Waals surface area contributed by atoms with E-state index in [9.17, 15) is 19.7 Å². The van der Waals surface area contributed by atoms with Gasteiger partial charge in [0.2, 0.25) is 5.91 Å². The van der Waals surface area contributed by atoms with Gasteiger partial charge in [0.15, 0.2) is 0 Å². The highest BCUT2D eigenvalue weighted by Crippen LogP contribution is 2.26. The molecule has 2 aromatic carbocycles. The summed E-state index contributed by atoms with van der Waals surface area (Å²) in [5, 5.41) is 16.4. The molecule has 0 aliphatic heterocycles. The Morgan fingerprint density at radius 2 is 1.75 bits per heavy atom. The number of benzene rings is 2. The van der Waals surface area contributed by atoms with Gasteiger partial charge in [-0.15, -0.1) is 0 Å². The Hall–Kier alpha value is -3.46. The van der Waals surface area contributed by atoms with E-state index in [1.165, 1.54) is 19.1 Å². The number of amides is 1. The summed E-state index contributed by atoms with van der Waals surface area (Å²) in [6, 6.07) is 10.4. The van der Waals surface area contributed by atoms with Crippen molar-refractivity contribution in [2.75, 3.05) is 10.6 Å². The summed E-state index contributed by atoms with van der Waals surface area (Å²) in [4.78, 5) is 37.1. The molecule has 0 heterocycles. The number of carbonyl (C=O) groups is 2. The maximum atomic E-state index is 11.7. The fourth-order valence-corrected chi connectivity index (χ4v) is 1.98. The second kappa shape index (κ2) is 7.20. The van der Waals surface area contributed by atoms with Crippen molar-refractivity contribution < 1.29 is 19.3 Å². The number of nitro groups is 1. The van der Waals surface area contributed by atoms with Crippen LogP contribution in [0.2, 0.25) is 0 Å². The number of nitro benzene ring substituents is 1. The highest BCUT2D eigenvalue weighted by atomic mass is 16.7. The molecule has 24 heavy (non-hydrogen) atoms. The molecule has 9 heteroatoms. The van der Waals surface area contributed by atoms with E-state index in [0.717, 1.165) is 6.07 Å². The molecule has 0 atom stereocenters. The molecule has 0 aromatic heterocycles. The Kier molecular flexibility index (Phi) is 5.07. The van der Waals surface area contributed by atoms with Crippen LogP contribution >= 0.6 is 0 Å². The van der Waals surface area contributed by atoms with Crippen molar-refractivity contribution >= 4 is 34.6 Å². The van der Waals surface area contributed by atoms with E-state index in [2.05, 4.69) is 15.5 Å². The number of rotatable bonds is 5. The number of carbonyl (C=O) groups excluding carboxylic acids is 2. The molecule has 0 fully saturated rings. The van der Waals surface area contributed by atoms with Crippen molar-refractivity contribution in [2.24, 2.45) is 5.90 Å². The van der Waals surface area contributed by atoms with Gasteiger partial charge in [-0.05, 0) is 30.3 Å². The lowest BCUT2D eigenvalue weighted by Gasteiger charge is -2.11. The first kappa shape index (κ1) is 16.9. The topological polar surface area (TPSA) is 137 Å². The summed E-state index contributed by atoms with van der Waals surface area (Å²) < 4.78 is 0. The SMILES string of the molecule is CC(=O)Nc1ccc(Nc2ccc([N+](=O)[O-])cc2C(=O)ON)cc1. The molecule has 0 saturated heterocycles. The van der Waals surface area contributed by atoms with Crippen LogP contribution in [0.4, 0.5) is 22.7 Å². The van der Waals surface area contributed by atoms with Gasteiger partial charge in [-0.1, -0.05) is 0 Å². The molecule has 0 aliphatic rings. The maximum Gasteiger partial charge on any atom is 0.358 e. The molecule has 0 radical (unpaired) electrons. The molecule has 0 unspecified atom stereocenters. The Morgan fingerprint density at radius 3 is 2.29 bits per heavy atom. The summed E-state index contributed by atoms with van der Waals surface area (Å²) >= 11 is 0. The van der Waals surface area contributed by atoms with E-state index in [1.807, 2.05) is 0 Å². The predicted molar refractivity (Wildman–Crippen MR) is 86.7 cm³/mol. The predicted octanol–water partition coefficient (Wildman–Crippen LogP) is 2.33.